The number of hydrogen-bond acceptors (Lipinski definition) is 6. The van der Waals surface area contributed by atoms with Crippen LogP contribution in [0.1, 0.15) is 30.1 Å². The number of carboxylic acids is 1. The highest BCUT2D eigenvalue weighted by Crippen LogP contribution is 2.28. The number of methoxy groups -OCH3 is 2. The Morgan fingerprint density at radius 3 is 2.76 bits per heavy atom. The number of carbonyl (C=O) groups is 1. The van der Waals surface area contributed by atoms with E-state index in [4.69, 9.17) is 25.8 Å². The first-order valence-corrected chi connectivity index (χ1v) is 8.23. The second-order valence-electron chi connectivity index (χ2n) is 5.30. The van der Waals surface area contributed by atoms with Gasteiger partial charge in [0.2, 0.25) is 5.88 Å². The molecule has 1 atom stereocenters. The number of amidine groups is 1. The second kappa shape index (κ2) is 8.73. The standard InChI is InChI=1S/C17H21ClN2O5/c1-4-5-9-20-14(24-3)10-13(23-2)19-17(20)25-12-8-6-7-11(18)15(12)16(21)22/h6-8,10,14H,4-5,9H2,1-3H3,(H,21,22). The fourth-order valence-electron chi connectivity index (χ4n) is 2.35. The van der Waals surface area contributed by atoms with E-state index in [0.717, 1.165) is 12.8 Å². The molecule has 0 radical (unpaired) electrons. The van der Waals surface area contributed by atoms with Crippen molar-refractivity contribution >= 4 is 23.6 Å². The van der Waals surface area contributed by atoms with Gasteiger partial charge in [0, 0.05) is 19.7 Å². The minimum absolute atomic E-state index is 0.0901. The van der Waals surface area contributed by atoms with Crippen molar-refractivity contribution in [3.8, 4) is 5.75 Å². The molecule has 0 spiro atoms. The van der Waals surface area contributed by atoms with Crippen molar-refractivity contribution in [2.24, 2.45) is 4.99 Å². The molecule has 1 unspecified atom stereocenters. The Morgan fingerprint density at radius 2 is 2.16 bits per heavy atom. The molecule has 8 heteroatoms. The van der Waals surface area contributed by atoms with Crippen LogP contribution in [0, 0.1) is 0 Å². The highest BCUT2D eigenvalue weighted by atomic mass is 35.5. The molecule has 0 saturated carbocycles. The van der Waals surface area contributed by atoms with Gasteiger partial charge in [-0.05, 0) is 18.6 Å². The van der Waals surface area contributed by atoms with Crippen LogP contribution in [0.4, 0.5) is 0 Å². The van der Waals surface area contributed by atoms with Gasteiger partial charge in [0.05, 0.1) is 12.1 Å². The Hall–Kier alpha value is -2.25. The first kappa shape index (κ1) is 19.1. The zero-order chi connectivity index (χ0) is 18.4. The topological polar surface area (TPSA) is 80.6 Å². The minimum Gasteiger partial charge on any atom is -0.481 e. The van der Waals surface area contributed by atoms with E-state index in [1.54, 1.807) is 24.2 Å². The van der Waals surface area contributed by atoms with Crippen LogP contribution in [0.3, 0.4) is 0 Å². The lowest BCUT2D eigenvalue weighted by atomic mass is 10.2. The molecule has 1 aromatic carbocycles. The quantitative estimate of drug-likeness (QED) is 0.794. The number of ether oxygens (including phenoxy) is 3. The third kappa shape index (κ3) is 4.43. The van der Waals surface area contributed by atoms with Gasteiger partial charge >= 0.3 is 12.0 Å². The van der Waals surface area contributed by atoms with Gasteiger partial charge in [0.1, 0.15) is 11.3 Å². The van der Waals surface area contributed by atoms with Gasteiger partial charge in [-0.25, -0.2) is 4.79 Å². The largest absolute Gasteiger partial charge is 0.481 e. The van der Waals surface area contributed by atoms with Gasteiger partial charge in [0.25, 0.3) is 0 Å². The van der Waals surface area contributed by atoms with E-state index >= 15 is 0 Å². The molecule has 25 heavy (non-hydrogen) atoms. The fraction of sp³-hybridized carbons (Fsp3) is 0.412. The normalized spacial score (nSPS) is 17.0. The maximum absolute atomic E-state index is 11.5. The van der Waals surface area contributed by atoms with Crippen molar-refractivity contribution in [3.05, 3.63) is 40.7 Å². The van der Waals surface area contributed by atoms with E-state index in [1.165, 1.54) is 19.2 Å². The Balaban J connectivity index is 2.40. The van der Waals surface area contributed by atoms with Crippen LogP contribution in [0.5, 0.6) is 5.75 Å². The van der Waals surface area contributed by atoms with Gasteiger partial charge in [0.15, 0.2) is 6.23 Å². The lowest BCUT2D eigenvalue weighted by molar-refractivity contribution is 0.0271. The van der Waals surface area contributed by atoms with Crippen LogP contribution < -0.4 is 4.74 Å². The van der Waals surface area contributed by atoms with Crippen LogP contribution in [-0.2, 0) is 9.47 Å². The summed E-state index contributed by atoms with van der Waals surface area (Å²) in [5.41, 5.74) is -0.121. The zero-order valence-corrected chi connectivity index (χ0v) is 15.1. The predicted molar refractivity (Wildman–Crippen MR) is 94.0 cm³/mol. The highest BCUT2D eigenvalue weighted by Gasteiger charge is 2.29. The van der Waals surface area contributed by atoms with Crippen molar-refractivity contribution in [1.29, 1.82) is 0 Å². The monoisotopic (exact) mass is 368 g/mol. The molecule has 1 aliphatic heterocycles. The molecule has 0 fully saturated rings. The highest BCUT2D eigenvalue weighted by molar-refractivity contribution is 6.33. The van der Waals surface area contributed by atoms with Crippen LogP contribution >= 0.6 is 11.6 Å². The van der Waals surface area contributed by atoms with Gasteiger partial charge in [-0.1, -0.05) is 31.0 Å². The molecule has 2 rings (SSSR count). The Labute approximate surface area is 151 Å². The van der Waals surface area contributed by atoms with E-state index in [2.05, 4.69) is 11.9 Å². The fourth-order valence-corrected chi connectivity index (χ4v) is 2.60. The lowest BCUT2D eigenvalue weighted by Crippen LogP contribution is -2.46. The van der Waals surface area contributed by atoms with Crippen molar-refractivity contribution in [3.63, 3.8) is 0 Å². The second-order valence-corrected chi connectivity index (χ2v) is 5.70. The molecule has 1 N–H and O–H groups in total. The van der Waals surface area contributed by atoms with E-state index in [-0.39, 0.29) is 22.4 Å². The summed E-state index contributed by atoms with van der Waals surface area (Å²) in [6.07, 6.45) is 3.15. The number of hydrogen-bond donors (Lipinski definition) is 1. The summed E-state index contributed by atoms with van der Waals surface area (Å²) < 4.78 is 16.5. The molecular weight excluding hydrogens is 348 g/mol. The summed E-state index contributed by atoms with van der Waals surface area (Å²) in [6.45, 7) is 2.70. The molecule has 0 aliphatic carbocycles. The predicted octanol–water partition coefficient (Wildman–Crippen LogP) is 3.35. The van der Waals surface area contributed by atoms with Gasteiger partial charge < -0.3 is 19.3 Å². The van der Waals surface area contributed by atoms with Gasteiger partial charge in [-0.3, -0.25) is 4.90 Å². The summed E-state index contributed by atoms with van der Waals surface area (Å²) in [5.74, 6) is -0.746. The smallest absolute Gasteiger partial charge is 0.341 e. The molecule has 0 bridgehead atoms. The third-order valence-electron chi connectivity index (χ3n) is 3.64. The summed E-state index contributed by atoms with van der Waals surface area (Å²) in [5, 5.41) is 9.49. The maximum Gasteiger partial charge on any atom is 0.341 e. The average molecular weight is 369 g/mol. The molecule has 1 aromatic rings. The van der Waals surface area contributed by atoms with Crippen molar-refractivity contribution < 1.29 is 24.1 Å². The number of aromatic carboxylic acids is 1. The van der Waals surface area contributed by atoms with Crippen LogP contribution in [-0.4, -0.2) is 49.0 Å². The number of unbranched alkanes of at least 4 members (excludes halogenated alkanes) is 1. The van der Waals surface area contributed by atoms with E-state index in [0.29, 0.717) is 12.4 Å². The van der Waals surface area contributed by atoms with Crippen LogP contribution in [0.15, 0.2) is 35.2 Å². The van der Waals surface area contributed by atoms with Crippen molar-refractivity contribution in [2.45, 2.75) is 26.0 Å². The number of halogens is 1. The third-order valence-corrected chi connectivity index (χ3v) is 3.95. The van der Waals surface area contributed by atoms with E-state index in [9.17, 15) is 9.90 Å². The summed E-state index contributed by atoms with van der Waals surface area (Å²) in [4.78, 5) is 17.6. The number of nitrogens with zero attached hydrogens (tertiary/aromatic N) is 2. The average Bonchev–Trinajstić information content (AvgIpc) is 2.59. The SMILES string of the molecule is CCCCN1C(Oc2cccc(Cl)c2C(=O)O)=NC(OC)=CC1OC. The molecule has 136 valence electrons. The first-order chi connectivity index (χ1) is 12.0. The zero-order valence-electron chi connectivity index (χ0n) is 14.4. The van der Waals surface area contributed by atoms with E-state index in [1.807, 2.05) is 0 Å². The van der Waals surface area contributed by atoms with Crippen molar-refractivity contribution in [1.82, 2.24) is 4.90 Å². The number of rotatable bonds is 7. The number of carboxylic acid groups (broad SMARTS) is 1. The molecule has 0 aromatic heterocycles. The molecular formula is C17H21ClN2O5. The molecule has 7 nitrogen and oxygen atoms in total. The van der Waals surface area contributed by atoms with Crippen LogP contribution in [0.2, 0.25) is 5.02 Å². The maximum atomic E-state index is 11.5. The summed E-state index contributed by atoms with van der Waals surface area (Å²) in [6, 6.07) is 4.84. The first-order valence-electron chi connectivity index (χ1n) is 7.85. The van der Waals surface area contributed by atoms with Gasteiger partial charge in [-0.2, -0.15) is 4.99 Å². The Bertz CT molecular complexity index is 690. The minimum atomic E-state index is -1.18. The number of benzene rings is 1. The molecule has 1 aliphatic rings. The van der Waals surface area contributed by atoms with E-state index < -0.39 is 12.2 Å². The number of aliphatic imine (C=N–C) groups is 1. The Kier molecular flexibility index (Phi) is 6.66. The molecule has 0 amide bonds. The van der Waals surface area contributed by atoms with Gasteiger partial charge in [-0.15, -0.1) is 0 Å². The summed E-state index contributed by atoms with van der Waals surface area (Å²) in [7, 11) is 3.06. The lowest BCUT2D eigenvalue weighted by Gasteiger charge is -2.33. The molecule has 1 heterocycles. The summed E-state index contributed by atoms with van der Waals surface area (Å²) >= 11 is 6.00. The Morgan fingerprint density at radius 1 is 1.40 bits per heavy atom. The van der Waals surface area contributed by atoms with Crippen molar-refractivity contribution in [2.75, 3.05) is 20.8 Å². The van der Waals surface area contributed by atoms with Crippen LogP contribution in [0.25, 0.3) is 0 Å². The molecule has 0 saturated heterocycles.